The number of amides is 2. The first kappa shape index (κ1) is 25.7. The number of alkyl halides is 3. The van der Waals surface area contributed by atoms with Gasteiger partial charge in [0.15, 0.2) is 11.6 Å². The molecule has 3 rings (SSSR count). The van der Waals surface area contributed by atoms with Gasteiger partial charge >= 0.3 is 12.2 Å². The number of nitrogens with one attached hydrogen (secondary N) is 1. The third kappa shape index (κ3) is 6.59. The van der Waals surface area contributed by atoms with Gasteiger partial charge in [-0.2, -0.15) is 13.2 Å². The predicted octanol–water partition coefficient (Wildman–Crippen LogP) is 6.78. The van der Waals surface area contributed by atoms with Crippen molar-refractivity contribution in [3.05, 3.63) is 71.8 Å². The van der Waals surface area contributed by atoms with Crippen LogP contribution in [0.4, 0.5) is 35.2 Å². The topological polar surface area (TPSA) is 88.3 Å². The van der Waals surface area contributed by atoms with E-state index in [9.17, 15) is 22.8 Å². The molecule has 0 aliphatic rings. The quantitative estimate of drug-likeness (QED) is 0.272. The number of pyridine rings is 1. The molecule has 9 heteroatoms. The Labute approximate surface area is 202 Å². The smallest absolute Gasteiger partial charge is 0.396 e. The minimum atomic E-state index is -4.49. The van der Waals surface area contributed by atoms with E-state index in [2.05, 4.69) is 10.3 Å². The van der Waals surface area contributed by atoms with Crippen LogP contribution in [-0.2, 0) is 6.18 Å². The molecule has 184 valence electrons. The molecule has 2 amide bonds. The summed E-state index contributed by atoms with van der Waals surface area (Å²) >= 11 is 0. The Hall–Kier alpha value is -3.88. The van der Waals surface area contributed by atoms with Crippen molar-refractivity contribution in [2.24, 2.45) is 0 Å². The molecule has 0 radical (unpaired) electrons. The van der Waals surface area contributed by atoms with Crippen LogP contribution >= 0.6 is 0 Å². The highest BCUT2D eigenvalue weighted by molar-refractivity contribution is 6.03. The second-order valence-corrected chi connectivity index (χ2v) is 8.11. The first-order valence-corrected chi connectivity index (χ1v) is 11.2. The molecule has 0 aliphatic heterocycles. The van der Waals surface area contributed by atoms with Crippen molar-refractivity contribution in [1.82, 2.24) is 4.98 Å². The zero-order valence-corrected chi connectivity index (χ0v) is 19.5. The number of nitrogen functional groups attached to an aromatic ring is 1. The maximum absolute atomic E-state index is 13.2. The molecular formula is C26H27F3N4O2. The van der Waals surface area contributed by atoms with E-state index in [0.717, 1.165) is 25.0 Å². The lowest BCUT2D eigenvalue weighted by Gasteiger charge is -2.24. The fraction of sp³-hybridized carbons (Fsp3) is 0.269. The van der Waals surface area contributed by atoms with Crippen LogP contribution in [0.5, 0.6) is 0 Å². The number of anilines is 3. The molecule has 0 saturated carbocycles. The van der Waals surface area contributed by atoms with E-state index in [1.54, 1.807) is 24.3 Å². The van der Waals surface area contributed by atoms with Crippen molar-refractivity contribution in [3.8, 4) is 11.3 Å². The molecule has 1 aromatic heterocycles. The summed E-state index contributed by atoms with van der Waals surface area (Å²) in [6, 6.07) is 13.9. The fourth-order valence-corrected chi connectivity index (χ4v) is 3.49. The lowest BCUT2D eigenvalue weighted by molar-refractivity contribution is -0.137. The lowest BCUT2D eigenvalue weighted by Crippen LogP contribution is -2.37. The highest BCUT2D eigenvalue weighted by Gasteiger charge is 2.30. The van der Waals surface area contributed by atoms with Gasteiger partial charge < -0.3 is 11.1 Å². The molecule has 0 aliphatic carbocycles. The summed E-state index contributed by atoms with van der Waals surface area (Å²) in [5, 5.41) is 2.78. The van der Waals surface area contributed by atoms with E-state index in [1.807, 2.05) is 6.92 Å². The van der Waals surface area contributed by atoms with Gasteiger partial charge in [0.1, 0.15) is 0 Å². The van der Waals surface area contributed by atoms with Gasteiger partial charge in [-0.3, -0.25) is 9.69 Å². The number of benzene rings is 2. The molecule has 2 aromatic carbocycles. The molecule has 3 N–H and O–H groups in total. The number of nitrogens with zero attached hydrogens (tertiary/aromatic N) is 2. The summed E-state index contributed by atoms with van der Waals surface area (Å²) in [6.45, 7) is 3.80. The van der Waals surface area contributed by atoms with Gasteiger partial charge in [-0.25, -0.2) is 9.78 Å². The Bertz CT molecular complexity index is 1190. The Kier molecular flexibility index (Phi) is 8.11. The lowest BCUT2D eigenvalue weighted by atomic mass is 10.1. The second-order valence-electron chi connectivity index (χ2n) is 8.11. The third-order valence-electron chi connectivity index (χ3n) is 5.42. The summed E-state index contributed by atoms with van der Waals surface area (Å²) in [5.41, 5.74) is 7.10. The molecule has 0 fully saturated rings. The SMILES string of the molecule is CCCCCN(C(=O)Nc1ccc(C(C)=O)cc1)c1nc(-c2cccc(C(F)(F)F)c2)ccc1N. The van der Waals surface area contributed by atoms with Crippen LogP contribution in [0, 0.1) is 0 Å². The maximum Gasteiger partial charge on any atom is 0.416 e. The number of hydrogen-bond acceptors (Lipinski definition) is 4. The van der Waals surface area contributed by atoms with Gasteiger partial charge in [-0.1, -0.05) is 31.9 Å². The number of unbranched alkanes of at least 4 members (excludes halogenated alkanes) is 2. The monoisotopic (exact) mass is 484 g/mol. The standard InChI is InChI=1S/C26H27F3N4O2/c1-3-4-5-15-33(25(35)31-21-11-9-18(10-12-21)17(2)34)24-22(30)13-14-23(32-24)19-7-6-8-20(16-19)26(27,28)29/h6-14,16H,3-5,15,30H2,1-2H3,(H,31,35). The number of Topliss-reactive ketones (excluding diaryl/α,β-unsaturated/α-hetero) is 1. The van der Waals surface area contributed by atoms with Gasteiger partial charge in [0.2, 0.25) is 0 Å². The summed E-state index contributed by atoms with van der Waals surface area (Å²) in [6.07, 6.45) is -2.02. The number of hydrogen-bond donors (Lipinski definition) is 2. The van der Waals surface area contributed by atoms with Crippen LogP contribution in [0.3, 0.4) is 0 Å². The number of halogens is 3. The molecule has 0 unspecified atom stereocenters. The number of nitrogens with two attached hydrogens (primary N) is 1. The minimum Gasteiger partial charge on any atom is -0.396 e. The van der Waals surface area contributed by atoms with Crippen molar-refractivity contribution in [2.75, 3.05) is 22.5 Å². The average Bonchev–Trinajstić information content (AvgIpc) is 2.82. The van der Waals surface area contributed by atoms with Crippen molar-refractivity contribution in [3.63, 3.8) is 0 Å². The van der Waals surface area contributed by atoms with E-state index >= 15 is 0 Å². The molecule has 0 bridgehead atoms. The van der Waals surface area contributed by atoms with E-state index in [0.29, 0.717) is 24.2 Å². The van der Waals surface area contributed by atoms with Crippen LogP contribution in [0.25, 0.3) is 11.3 Å². The van der Waals surface area contributed by atoms with Gasteiger partial charge in [0, 0.05) is 23.4 Å². The van der Waals surface area contributed by atoms with Gasteiger partial charge in [-0.05, 0) is 61.9 Å². The summed E-state index contributed by atoms with van der Waals surface area (Å²) in [5.74, 6) is 0.0707. The van der Waals surface area contributed by atoms with E-state index in [-0.39, 0.29) is 28.5 Å². The van der Waals surface area contributed by atoms with Crippen molar-refractivity contribution >= 4 is 29.0 Å². The number of rotatable bonds is 8. The number of ketones is 1. The van der Waals surface area contributed by atoms with Gasteiger partial charge in [-0.15, -0.1) is 0 Å². The molecule has 0 saturated heterocycles. The first-order valence-electron chi connectivity index (χ1n) is 11.2. The molecule has 3 aromatic rings. The van der Waals surface area contributed by atoms with Crippen LogP contribution < -0.4 is 16.0 Å². The highest BCUT2D eigenvalue weighted by atomic mass is 19.4. The molecule has 0 spiro atoms. The first-order chi connectivity index (χ1) is 16.6. The Morgan fingerprint density at radius 3 is 2.37 bits per heavy atom. The summed E-state index contributed by atoms with van der Waals surface area (Å²) < 4.78 is 39.6. The molecule has 0 atom stereocenters. The maximum atomic E-state index is 13.2. The van der Waals surface area contributed by atoms with Crippen molar-refractivity contribution < 1.29 is 22.8 Å². The average molecular weight is 485 g/mol. The molecule has 1 heterocycles. The van der Waals surface area contributed by atoms with E-state index in [1.165, 1.54) is 36.1 Å². The highest BCUT2D eigenvalue weighted by Crippen LogP contribution is 2.33. The van der Waals surface area contributed by atoms with Gasteiger partial charge in [0.25, 0.3) is 0 Å². The fourth-order valence-electron chi connectivity index (χ4n) is 3.49. The molecule has 35 heavy (non-hydrogen) atoms. The Balaban J connectivity index is 1.94. The molecule has 6 nitrogen and oxygen atoms in total. The van der Waals surface area contributed by atoms with Crippen LogP contribution in [-0.4, -0.2) is 23.3 Å². The van der Waals surface area contributed by atoms with E-state index in [4.69, 9.17) is 5.73 Å². The number of carbonyl (C=O) groups excluding carboxylic acids is 2. The van der Waals surface area contributed by atoms with Crippen molar-refractivity contribution in [1.29, 1.82) is 0 Å². The second kappa shape index (κ2) is 11.0. The van der Waals surface area contributed by atoms with Crippen LogP contribution in [0.1, 0.15) is 49.0 Å². The van der Waals surface area contributed by atoms with Crippen LogP contribution in [0.15, 0.2) is 60.7 Å². The Morgan fingerprint density at radius 2 is 1.74 bits per heavy atom. The zero-order valence-electron chi connectivity index (χ0n) is 19.5. The number of carbonyl (C=O) groups is 2. The number of urea groups is 1. The van der Waals surface area contributed by atoms with Crippen LogP contribution in [0.2, 0.25) is 0 Å². The minimum absolute atomic E-state index is 0.0903. The Morgan fingerprint density at radius 1 is 1.03 bits per heavy atom. The summed E-state index contributed by atoms with van der Waals surface area (Å²) in [4.78, 5) is 30.6. The third-order valence-corrected chi connectivity index (χ3v) is 5.42. The van der Waals surface area contributed by atoms with Gasteiger partial charge in [0.05, 0.1) is 16.9 Å². The normalized spacial score (nSPS) is 11.2. The predicted molar refractivity (Wildman–Crippen MR) is 131 cm³/mol. The molecular weight excluding hydrogens is 457 g/mol. The number of aromatic nitrogens is 1. The zero-order chi connectivity index (χ0) is 25.6. The van der Waals surface area contributed by atoms with Crippen molar-refractivity contribution in [2.45, 2.75) is 39.3 Å². The van der Waals surface area contributed by atoms with E-state index < -0.39 is 17.8 Å². The summed E-state index contributed by atoms with van der Waals surface area (Å²) in [7, 11) is 0. The largest absolute Gasteiger partial charge is 0.416 e.